The molecule has 0 spiro atoms. The van der Waals surface area contributed by atoms with Crippen LogP contribution in [0.5, 0.6) is 5.88 Å². The SMILES string of the molecule is CC(=O)Nc1cc(OCC(F)(F)C(F)(F)F)nn1-c1cc(S(=O)CC(F)(F)Cl)c(C)cc1F. The first-order valence-electron chi connectivity index (χ1n) is 8.62. The van der Waals surface area contributed by atoms with Crippen LogP contribution in [0.15, 0.2) is 23.1 Å². The zero-order valence-electron chi connectivity index (χ0n) is 16.6. The van der Waals surface area contributed by atoms with Crippen molar-refractivity contribution in [1.82, 2.24) is 9.78 Å². The minimum Gasteiger partial charge on any atom is -0.470 e. The number of amides is 1. The second-order valence-corrected chi connectivity index (χ2v) is 8.60. The largest absolute Gasteiger partial charge is 0.470 e. The van der Waals surface area contributed by atoms with E-state index in [4.69, 9.17) is 11.6 Å². The molecule has 1 heterocycles. The number of carbonyl (C=O) groups excluding carboxylic acids is 1. The quantitative estimate of drug-likeness (QED) is 0.396. The Labute approximate surface area is 188 Å². The van der Waals surface area contributed by atoms with E-state index in [1.165, 1.54) is 6.92 Å². The summed E-state index contributed by atoms with van der Waals surface area (Å²) in [4.78, 5) is 11.1. The highest BCUT2D eigenvalue weighted by atomic mass is 35.5. The van der Waals surface area contributed by atoms with Crippen LogP contribution in [0.3, 0.4) is 0 Å². The second kappa shape index (κ2) is 9.44. The maximum atomic E-state index is 14.6. The number of nitrogens with one attached hydrogen (secondary N) is 1. The van der Waals surface area contributed by atoms with E-state index in [-0.39, 0.29) is 10.5 Å². The number of hydrogen-bond donors (Lipinski definition) is 1. The van der Waals surface area contributed by atoms with Crippen LogP contribution in [-0.2, 0) is 15.6 Å². The summed E-state index contributed by atoms with van der Waals surface area (Å²) in [5, 5.41) is 1.84. The molecule has 1 N–H and O–H groups in total. The summed E-state index contributed by atoms with van der Waals surface area (Å²) in [6, 6.07) is 2.36. The first-order valence-corrected chi connectivity index (χ1v) is 10.3. The molecule has 0 fully saturated rings. The molecule has 1 unspecified atom stereocenters. The third-order valence-corrected chi connectivity index (χ3v) is 5.67. The summed E-state index contributed by atoms with van der Waals surface area (Å²) in [6.45, 7) is 0.103. The molecule has 1 atom stereocenters. The average Bonchev–Trinajstić information content (AvgIpc) is 2.99. The molecular weight excluding hydrogens is 514 g/mol. The third-order valence-electron chi connectivity index (χ3n) is 3.82. The van der Waals surface area contributed by atoms with Crippen LogP contribution in [0, 0.1) is 12.7 Å². The van der Waals surface area contributed by atoms with Crippen molar-refractivity contribution < 1.29 is 48.9 Å². The van der Waals surface area contributed by atoms with Crippen molar-refractivity contribution in [2.24, 2.45) is 0 Å². The Bertz CT molecular complexity index is 1070. The number of ether oxygens (including phenoxy) is 1. The maximum absolute atomic E-state index is 14.6. The van der Waals surface area contributed by atoms with Gasteiger partial charge in [-0.3, -0.25) is 9.00 Å². The summed E-state index contributed by atoms with van der Waals surface area (Å²) >= 11 is 4.78. The standard InChI is InChI=1S/C17H14ClF8N3O3S/c1-8-3-10(19)11(4-12(8)33(31)7-16(18,22)23)29-13(27-9(2)30)5-14(28-29)32-6-15(20,21)17(24,25)26/h3-5H,6-7H2,1-2H3,(H,27,30). The number of anilines is 1. The van der Waals surface area contributed by atoms with E-state index < -0.39 is 69.7 Å². The van der Waals surface area contributed by atoms with Crippen molar-refractivity contribution in [2.45, 2.75) is 36.2 Å². The highest BCUT2D eigenvalue weighted by Gasteiger charge is 2.58. The molecule has 2 aromatic rings. The lowest BCUT2D eigenvalue weighted by Gasteiger charge is -2.18. The molecule has 0 bridgehead atoms. The number of halogens is 9. The third kappa shape index (κ3) is 6.79. The number of aryl methyl sites for hydroxylation is 1. The molecule has 0 aliphatic rings. The first kappa shape index (κ1) is 26.8. The number of rotatable bonds is 8. The monoisotopic (exact) mass is 527 g/mol. The Hall–Kier alpha value is -2.42. The summed E-state index contributed by atoms with van der Waals surface area (Å²) in [5.74, 6) is -9.67. The molecule has 16 heteroatoms. The van der Waals surface area contributed by atoms with Gasteiger partial charge in [0.05, 0.1) is 10.8 Å². The fourth-order valence-corrected chi connectivity index (χ4v) is 3.82. The number of alkyl halides is 8. The fraction of sp³-hybridized carbons (Fsp3) is 0.412. The van der Waals surface area contributed by atoms with Gasteiger partial charge in [-0.25, -0.2) is 9.07 Å². The second-order valence-electron chi connectivity index (χ2n) is 6.63. The van der Waals surface area contributed by atoms with Gasteiger partial charge in [0.25, 0.3) is 0 Å². The minimum atomic E-state index is -5.91. The van der Waals surface area contributed by atoms with Crippen molar-refractivity contribution in [3.05, 3.63) is 29.6 Å². The van der Waals surface area contributed by atoms with E-state index >= 15 is 0 Å². The Morgan fingerprint density at radius 1 is 1.18 bits per heavy atom. The van der Waals surface area contributed by atoms with E-state index in [2.05, 4.69) is 15.2 Å². The summed E-state index contributed by atoms with van der Waals surface area (Å²) in [6.07, 6.45) is -5.91. The van der Waals surface area contributed by atoms with Gasteiger partial charge in [-0.15, -0.1) is 5.10 Å². The number of carbonyl (C=O) groups is 1. The first-order chi connectivity index (χ1) is 14.9. The Morgan fingerprint density at radius 2 is 1.79 bits per heavy atom. The molecule has 1 amide bonds. The molecule has 33 heavy (non-hydrogen) atoms. The van der Waals surface area contributed by atoms with Crippen LogP contribution < -0.4 is 10.1 Å². The van der Waals surface area contributed by atoms with Gasteiger partial charge in [-0.1, -0.05) is 0 Å². The Balaban J connectivity index is 2.51. The molecule has 0 saturated carbocycles. The summed E-state index contributed by atoms with van der Waals surface area (Å²) in [5.41, 5.74) is -0.604. The molecule has 1 aromatic heterocycles. The smallest absolute Gasteiger partial charge is 0.456 e. The van der Waals surface area contributed by atoms with Gasteiger partial charge < -0.3 is 10.1 Å². The lowest BCUT2D eigenvalue weighted by molar-refractivity contribution is -0.290. The molecule has 0 saturated heterocycles. The predicted molar refractivity (Wildman–Crippen MR) is 101 cm³/mol. The highest BCUT2D eigenvalue weighted by Crippen LogP contribution is 2.36. The molecule has 1 aromatic carbocycles. The number of nitrogens with zero attached hydrogens (tertiary/aromatic N) is 2. The van der Waals surface area contributed by atoms with Crippen molar-refractivity contribution in [3.63, 3.8) is 0 Å². The van der Waals surface area contributed by atoms with E-state index in [0.717, 1.165) is 25.1 Å². The zero-order chi connectivity index (χ0) is 25.4. The predicted octanol–water partition coefficient (Wildman–Crippen LogP) is 4.79. The van der Waals surface area contributed by atoms with E-state index in [0.29, 0.717) is 4.68 Å². The Morgan fingerprint density at radius 3 is 2.30 bits per heavy atom. The molecule has 0 radical (unpaired) electrons. The lowest BCUT2D eigenvalue weighted by atomic mass is 10.2. The Kier molecular flexibility index (Phi) is 7.68. The van der Waals surface area contributed by atoms with Crippen LogP contribution >= 0.6 is 11.6 Å². The van der Waals surface area contributed by atoms with Crippen molar-refractivity contribution in [3.8, 4) is 11.6 Å². The van der Waals surface area contributed by atoms with Gasteiger partial charge >= 0.3 is 17.5 Å². The number of benzene rings is 1. The van der Waals surface area contributed by atoms with Crippen LogP contribution in [0.25, 0.3) is 5.69 Å². The van der Waals surface area contributed by atoms with Gasteiger partial charge in [-0.2, -0.15) is 30.7 Å². The van der Waals surface area contributed by atoms with Gasteiger partial charge in [0.2, 0.25) is 11.8 Å². The number of hydrogen-bond acceptors (Lipinski definition) is 4. The normalized spacial score (nSPS) is 13.7. The fourth-order valence-electron chi connectivity index (χ4n) is 2.41. The molecule has 6 nitrogen and oxygen atoms in total. The summed E-state index contributed by atoms with van der Waals surface area (Å²) < 4.78 is 121. The molecule has 184 valence electrons. The van der Waals surface area contributed by atoms with Crippen LogP contribution in [0.2, 0.25) is 0 Å². The van der Waals surface area contributed by atoms with Crippen molar-refractivity contribution >= 4 is 34.1 Å². The van der Waals surface area contributed by atoms with Gasteiger partial charge in [0.1, 0.15) is 23.1 Å². The zero-order valence-corrected chi connectivity index (χ0v) is 18.1. The maximum Gasteiger partial charge on any atom is 0.456 e. The summed E-state index contributed by atoms with van der Waals surface area (Å²) in [7, 11) is -2.42. The van der Waals surface area contributed by atoms with Gasteiger partial charge in [0, 0.05) is 17.9 Å². The van der Waals surface area contributed by atoms with Gasteiger partial charge in [0.15, 0.2) is 6.61 Å². The number of aromatic nitrogens is 2. The molecular formula is C17H14ClF8N3O3S. The van der Waals surface area contributed by atoms with E-state index in [9.17, 15) is 44.1 Å². The van der Waals surface area contributed by atoms with Gasteiger partial charge in [-0.05, 0) is 36.2 Å². The highest BCUT2D eigenvalue weighted by molar-refractivity contribution is 7.85. The van der Waals surface area contributed by atoms with E-state index in [1.54, 1.807) is 0 Å². The van der Waals surface area contributed by atoms with Crippen LogP contribution in [0.4, 0.5) is 40.9 Å². The molecule has 0 aliphatic heterocycles. The van der Waals surface area contributed by atoms with Crippen LogP contribution in [0.1, 0.15) is 12.5 Å². The molecule has 2 rings (SSSR count). The average molecular weight is 528 g/mol. The topological polar surface area (TPSA) is 73.2 Å². The molecule has 0 aliphatic carbocycles. The van der Waals surface area contributed by atoms with Crippen molar-refractivity contribution in [1.29, 1.82) is 0 Å². The van der Waals surface area contributed by atoms with E-state index in [1.807, 2.05) is 0 Å². The van der Waals surface area contributed by atoms with Crippen LogP contribution in [-0.4, -0.2) is 49.7 Å². The minimum absolute atomic E-state index is 0.00924. The van der Waals surface area contributed by atoms with Crippen molar-refractivity contribution in [2.75, 3.05) is 17.7 Å². The lowest BCUT2D eigenvalue weighted by Crippen LogP contribution is -2.41.